The van der Waals surface area contributed by atoms with Gasteiger partial charge in [0.2, 0.25) is 0 Å². The monoisotopic (exact) mass is 506 g/mol. The largest absolute Gasteiger partial charge is 0.345 e. The number of likely N-dealkylation sites (tertiary alicyclic amines) is 1. The number of nitrogens with zero attached hydrogens (tertiary/aromatic N) is 6. The Hall–Kier alpha value is -4.59. The van der Waals surface area contributed by atoms with Crippen molar-refractivity contribution in [1.82, 2.24) is 24.4 Å². The van der Waals surface area contributed by atoms with Gasteiger partial charge >= 0.3 is 0 Å². The van der Waals surface area contributed by atoms with Crippen molar-refractivity contribution in [3.63, 3.8) is 0 Å². The molecule has 0 N–H and O–H groups in total. The van der Waals surface area contributed by atoms with E-state index in [0.29, 0.717) is 24.2 Å². The first kappa shape index (κ1) is 23.8. The number of aromatic nitrogens is 4. The summed E-state index contributed by atoms with van der Waals surface area (Å²) in [4.78, 5) is 30.6. The van der Waals surface area contributed by atoms with E-state index in [2.05, 4.69) is 19.4 Å². The van der Waals surface area contributed by atoms with E-state index in [1.54, 1.807) is 24.7 Å². The van der Waals surface area contributed by atoms with Crippen LogP contribution in [0.3, 0.4) is 0 Å². The number of hydrogen-bond donors (Lipinski definition) is 0. The number of piperidine rings is 1. The molecule has 6 rings (SSSR count). The topological polar surface area (TPSA) is 67.2 Å². The van der Waals surface area contributed by atoms with Crippen molar-refractivity contribution in [3.05, 3.63) is 103 Å². The molecule has 190 valence electrons. The van der Waals surface area contributed by atoms with Crippen molar-refractivity contribution in [2.24, 2.45) is 0 Å². The maximum atomic E-state index is 14.0. The Bertz CT molecular complexity index is 1560. The molecular formula is C30H27FN6O. The predicted molar refractivity (Wildman–Crippen MR) is 146 cm³/mol. The second kappa shape index (κ2) is 10.0. The Morgan fingerprint density at radius 3 is 2.37 bits per heavy atom. The van der Waals surface area contributed by atoms with Crippen molar-refractivity contribution in [1.29, 1.82) is 0 Å². The van der Waals surface area contributed by atoms with Gasteiger partial charge in [-0.15, -0.1) is 0 Å². The van der Waals surface area contributed by atoms with Crippen molar-refractivity contribution in [2.45, 2.75) is 18.9 Å². The van der Waals surface area contributed by atoms with Gasteiger partial charge in [0.15, 0.2) is 5.82 Å². The second-order valence-corrected chi connectivity index (χ2v) is 9.49. The average molecular weight is 507 g/mol. The van der Waals surface area contributed by atoms with Crippen molar-refractivity contribution in [3.8, 4) is 11.5 Å². The van der Waals surface area contributed by atoms with Gasteiger partial charge in [0, 0.05) is 67.8 Å². The fraction of sp³-hybridized carbons (Fsp3) is 0.200. The van der Waals surface area contributed by atoms with Gasteiger partial charge < -0.3 is 14.4 Å². The van der Waals surface area contributed by atoms with Crippen LogP contribution < -0.4 is 4.90 Å². The number of carbonyl (C=O) groups excluding carboxylic acids is 1. The summed E-state index contributed by atoms with van der Waals surface area (Å²) < 4.78 is 16.1. The Kier molecular flexibility index (Phi) is 6.29. The lowest BCUT2D eigenvalue weighted by atomic mass is 10.0. The SMILES string of the molecule is CN(c1ccncc1)c1ccc(C(=O)N2CCC(n3c(-c4ccccn4)nc4cc(F)ccc43)CC2)cc1. The molecule has 0 spiro atoms. The maximum absolute atomic E-state index is 14.0. The van der Waals surface area contributed by atoms with Crippen molar-refractivity contribution in [2.75, 3.05) is 25.0 Å². The molecule has 1 fully saturated rings. The number of halogens is 1. The molecule has 0 atom stereocenters. The predicted octanol–water partition coefficient (Wildman–Crippen LogP) is 5.88. The summed E-state index contributed by atoms with van der Waals surface area (Å²) in [6.07, 6.45) is 6.81. The zero-order valence-corrected chi connectivity index (χ0v) is 21.0. The van der Waals surface area contributed by atoms with Crippen LogP contribution in [0.5, 0.6) is 0 Å². The van der Waals surface area contributed by atoms with E-state index in [1.807, 2.05) is 66.5 Å². The second-order valence-electron chi connectivity index (χ2n) is 9.49. The minimum absolute atomic E-state index is 0.0315. The van der Waals surface area contributed by atoms with Gasteiger partial charge in [-0.25, -0.2) is 9.37 Å². The minimum Gasteiger partial charge on any atom is -0.345 e. The van der Waals surface area contributed by atoms with E-state index < -0.39 is 0 Å². The highest BCUT2D eigenvalue weighted by Crippen LogP contribution is 2.33. The number of rotatable bonds is 5. The van der Waals surface area contributed by atoms with Crippen molar-refractivity contribution < 1.29 is 9.18 Å². The number of pyridine rings is 2. The number of fused-ring (bicyclic) bond motifs is 1. The van der Waals surface area contributed by atoms with E-state index in [1.165, 1.54) is 12.1 Å². The number of anilines is 2. The highest BCUT2D eigenvalue weighted by Gasteiger charge is 2.28. The normalized spacial score (nSPS) is 14.1. The third-order valence-corrected chi connectivity index (χ3v) is 7.21. The van der Waals surface area contributed by atoms with Crippen LogP contribution in [0.4, 0.5) is 15.8 Å². The zero-order chi connectivity index (χ0) is 26.1. The zero-order valence-electron chi connectivity index (χ0n) is 21.0. The summed E-state index contributed by atoms with van der Waals surface area (Å²) in [5.74, 6) is 0.446. The summed E-state index contributed by atoms with van der Waals surface area (Å²) in [5.41, 5.74) is 4.94. The summed E-state index contributed by atoms with van der Waals surface area (Å²) in [5, 5.41) is 0. The lowest BCUT2D eigenvalue weighted by Gasteiger charge is -2.33. The van der Waals surface area contributed by atoms with E-state index in [0.717, 1.165) is 41.3 Å². The van der Waals surface area contributed by atoms with Crippen LogP contribution in [0.25, 0.3) is 22.6 Å². The molecule has 1 aliphatic rings. The van der Waals surface area contributed by atoms with Gasteiger partial charge in [0.25, 0.3) is 5.91 Å². The molecule has 3 aromatic heterocycles. The quantitative estimate of drug-likeness (QED) is 0.298. The third-order valence-electron chi connectivity index (χ3n) is 7.21. The molecule has 1 saturated heterocycles. The number of benzene rings is 2. The van der Waals surface area contributed by atoms with Crippen LogP contribution in [0, 0.1) is 5.82 Å². The van der Waals surface area contributed by atoms with Gasteiger partial charge in [-0.1, -0.05) is 6.07 Å². The maximum Gasteiger partial charge on any atom is 0.253 e. The highest BCUT2D eigenvalue weighted by atomic mass is 19.1. The number of carbonyl (C=O) groups is 1. The molecule has 0 unspecified atom stereocenters. The van der Waals surface area contributed by atoms with Crippen molar-refractivity contribution >= 4 is 28.3 Å². The van der Waals surface area contributed by atoms with Gasteiger partial charge in [0.1, 0.15) is 11.5 Å². The summed E-state index contributed by atoms with van der Waals surface area (Å²) >= 11 is 0. The first-order valence-electron chi connectivity index (χ1n) is 12.7. The molecule has 38 heavy (non-hydrogen) atoms. The summed E-state index contributed by atoms with van der Waals surface area (Å²) in [7, 11) is 1.99. The third kappa shape index (κ3) is 4.49. The molecule has 0 bridgehead atoms. The molecule has 0 radical (unpaired) electrons. The van der Waals surface area contributed by atoms with E-state index in [9.17, 15) is 9.18 Å². The Balaban J connectivity index is 1.19. The average Bonchev–Trinajstić information content (AvgIpc) is 3.36. The Morgan fingerprint density at radius 2 is 1.66 bits per heavy atom. The summed E-state index contributed by atoms with van der Waals surface area (Å²) in [6.45, 7) is 1.26. The van der Waals surface area contributed by atoms with Crippen LogP contribution in [-0.2, 0) is 0 Å². The number of hydrogen-bond acceptors (Lipinski definition) is 5. The van der Waals surface area contributed by atoms with Gasteiger partial charge in [-0.05, 0) is 73.5 Å². The molecule has 2 aromatic carbocycles. The van der Waals surface area contributed by atoms with E-state index in [4.69, 9.17) is 4.98 Å². The van der Waals surface area contributed by atoms with Gasteiger partial charge in [-0.2, -0.15) is 0 Å². The minimum atomic E-state index is -0.312. The molecule has 1 aliphatic heterocycles. The fourth-order valence-corrected chi connectivity index (χ4v) is 5.17. The van der Waals surface area contributed by atoms with Crippen LogP contribution in [-0.4, -0.2) is 50.5 Å². The first-order valence-corrected chi connectivity index (χ1v) is 12.7. The molecular weight excluding hydrogens is 479 g/mol. The Labute approximate surface area is 220 Å². The Morgan fingerprint density at radius 1 is 0.921 bits per heavy atom. The molecule has 0 aliphatic carbocycles. The first-order chi connectivity index (χ1) is 18.6. The molecule has 0 saturated carbocycles. The summed E-state index contributed by atoms with van der Waals surface area (Å²) in [6, 6.07) is 22.2. The molecule has 4 heterocycles. The van der Waals surface area contributed by atoms with E-state index in [-0.39, 0.29) is 17.8 Å². The lowest BCUT2D eigenvalue weighted by Crippen LogP contribution is -2.39. The van der Waals surface area contributed by atoms with Crippen LogP contribution in [0.15, 0.2) is 91.4 Å². The van der Waals surface area contributed by atoms with Crippen LogP contribution in [0.1, 0.15) is 29.2 Å². The fourth-order valence-electron chi connectivity index (χ4n) is 5.17. The molecule has 1 amide bonds. The molecule has 5 aromatic rings. The van der Waals surface area contributed by atoms with E-state index >= 15 is 0 Å². The molecule has 7 nitrogen and oxygen atoms in total. The lowest BCUT2D eigenvalue weighted by molar-refractivity contribution is 0.0696. The number of imidazole rings is 1. The van der Waals surface area contributed by atoms with Gasteiger partial charge in [-0.3, -0.25) is 14.8 Å². The van der Waals surface area contributed by atoms with Crippen LogP contribution in [0.2, 0.25) is 0 Å². The smallest absolute Gasteiger partial charge is 0.253 e. The number of amides is 1. The highest BCUT2D eigenvalue weighted by molar-refractivity contribution is 5.94. The molecule has 8 heteroatoms. The standard InChI is InChI=1S/C30H27FN6O/c1-35(24-11-16-32-17-12-24)23-8-5-21(6-9-23)30(38)36-18-13-25(14-19-36)37-28-10-7-22(31)20-27(28)34-29(37)26-4-2-3-15-33-26/h2-12,15-17,20,25H,13-14,18-19H2,1H3. The van der Waals surface area contributed by atoms with Gasteiger partial charge in [0.05, 0.1) is 11.0 Å². The van der Waals surface area contributed by atoms with Crippen LogP contribution >= 0.6 is 0 Å².